The fraction of sp³-hybridized carbons (Fsp3) is 0.364. The second kappa shape index (κ2) is 5.76. The standard InChI is InChI=1S/C9H9ClO.C2H6/c1-6-4-3-5-8(10)9(6)7(2)11;1-2/h3-5H,1-2H3;1-2H3. The maximum Gasteiger partial charge on any atom is 0.161 e. The summed E-state index contributed by atoms with van der Waals surface area (Å²) in [5.74, 6) is 0.0214. The van der Waals surface area contributed by atoms with Crippen molar-refractivity contribution in [2.24, 2.45) is 0 Å². The Morgan fingerprint density at radius 1 is 1.31 bits per heavy atom. The molecule has 13 heavy (non-hydrogen) atoms. The summed E-state index contributed by atoms with van der Waals surface area (Å²) in [5, 5.41) is 0.539. The first-order valence-electron chi connectivity index (χ1n) is 4.39. The first-order valence-corrected chi connectivity index (χ1v) is 4.77. The van der Waals surface area contributed by atoms with Crippen molar-refractivity contribution in [1.82, 2.24) is 0 Å². The molecule has 0 unspecified atom stereocenters. The van der Waals surface area contributed by atoms with E-state index < -0.39 is 0 Å². The summed E-state index contributed by atoms with van der Waals surface area (Å²) in [5.41, 5.74) is 1.57. The van der Waals surface area contributed by atoms with Crippen LogP contribution in [0.5, 0.6) is 0 Å². The molecule has 0 aliphatic heterocycles. The van der Waals surface area contributed by atoms with E-state index in [0.29, 0.717) is 10.6 Å². The molecule has 0 bridgehead atoms. The van der Waals surface area contributed by atoms with Crippen molar-refractivity contribution in [1.29, 1.82) is 0 Å². The van der Waals surface area contributed by atoms with E-state index in [1.165, 1.54) is 6.92 Å². The molecule has 0 aromatic heterocycles. The maximum absolute atomic E-state index is 11.0. The summed E-state index contributed by atoms with van der Waals surface area (Å²) in [4.78, 5) is 11.0. The lowest BCUT2D eigenvalue weighted by Crippen LogP contribution is -1.96. The lowest BCUT2D eigenvalue weighted by molar-refractivity contribution is 0.101. The molecule has 0 aliphatic rings. The average Bonchev–Trinajstić information content (AvgIpc) is 2.07. The van der Waals surface area contributed by atoms with Crippen molar-refractivity contribution in [3.05, 3.63) is 34.3 Å². The molecule has 72 valence electrons. The van der Waals surface area contributed by atoms with Crippen LogP contribution >= 0.6 is 11.6 Å². The molecule has 0 fully saturated rings. The predicted molar refractivity (Wildman–Crippen MR) is 57.5 cm³/mol. The van der Waals surface area contributed by atoms with Crippen LogP contribution in [0.1, 0.15) is 36.7 Å². The van der Waals surface area contributed by atoms with Gasteiger partial charge in [0.15, 0.2) is 5.78 Å². The summed E-state index contributed by atoms with van der Waals surface area (Å²) in [6, 6.07) is 5.44. The highest BCUT2D eigenvalue weighted by Crippen LogP contribution is 2.19. The number of hydrogen-bond donors (Lipinski definition) is 0. The van der Waals surface area contributed by atoms with Crippen LogP contribution in [0, 0.1) is 6.92 Å². The largest absolute Gasteiger partial charge is 0.294 e. The normalized spacial score (nSPS) is 8.69. The Labute approximate surface area is 84.7 Å². The first-order chi connectivity index (χ1) is 6.13. The van der Waals surface area contributed by atoms with Crippen molar-refractivity contribution < 1.29 is 4.79 Å². The summed E-state index contributed by atoms with van der Waals surface area (Å²) >= 11 is 5.80. The molecule has 0 spiro atoms. The van der Waals surface area contributed by atoms with Gasteiger partial charge in [-0.15, -0.1) is 0 Å². The Morgan fingerprint density at radius 2 is 1.85 bits per heavy atom. The van der Waals surface area contributed by atoms with Gasteiger partial charge in [-0.25, -0.2) is 0 Å². The molecule has 0 aliphatic carbocycles. The number of halogens is 1. The molecule has 0 saturated heterocycles. The molecule has 1 nitrogen and oxygen atoms in total. The van der Waals surface area contributed by atoms with Gasteiger partial charge >= 0.3 is 0 Å². The number of ketones is 1. The molecule has 0 heterocycles. The monoisotopic (exact) mass is 198 g/mol. The molecular weight excluding hydrogens is 184 g/mol. The quantitative estimate of drug-likeness (QED) is 0.626. The van der Waals surface area contributed by atoms with E-state index in [1.54, 1.807) is 6.07 Å². The Kier molecular flexibility index (Phi) is 5.40. The predicted octanol–water partition coefficient (Wildman–Crippen LogP) is 3.88. The number of hydrogen-bond acceptors (Lipinski definition) is 1. The van der Waals surface area contributed by atoms with Crippen LogP contribution in [-0.4, -0.2) is 5.78 Å². The summed E-state index contributed by atoms with van der Waals surface area (Å²) in [6.45, 7) is 7.40. The highest BCUT2D eigenvalue weighted by molar-refractivity contribution is 6.34. The zero-order valence-electron chi connectivity index (χ0n) is 8.52. The third kappa shape index (κ3) is 3.19. The number of carbonyl (C=O) groups is 1. The number of benzene rings is 1. The van der Waals surface area contributed by atoms with Crippen LogP contribution in [0.3, 0.4) is 0 Å². The summed E-state index contributed by atoms with van der Waals surface area (Å²) < 4.78 is 0. The molecule has 0 radical (unpaired) electrons. The highest BCUT2D eigenvalue weighted by atomic mass is 35.5. The van der Waals surface area contributed by atoms with E-state index in [1.807, 2.05) is 32.9 Å². The summed E-state index contributed by atoms with van der Waals surface area (Å²) in [6.07, 6.45) is 0. The SMILES string of the molecule is CC.CC(=O)c1c(C)cccc1Cl. The molecule has 0 atom stereocenters. The minimum atomic E-state index is 0.0214. The fourth-order valence-corrected chi connectivity index (χ4v) is 1.43. The van der Waals surface area contributed by atoms with Crippen LogP contribution in [-0.2, 0) is 0 Å². The highest BCUT2D eigenvalue weighted by Gasteiger charge is 2.06. The van der Waals surface area contributed by atoms with Crippen LogP contribution in [0.4, 0.5) is 0 Å². The molecule has 2 heteroatoms. The molecule has 1 aromatic carbocycles. The second-order valence-corrected chi connectivity index (χ2v) is 2.90. The van der Waals surface area contributed by atoms with E-state index in [-0.39, 0.29) is 5.78 Å². The molecular formula is C11H15ClO. The van der Waals surface area contributed by atoms with Crippen LogP contribution in [0.15, 0.2) is 18.2 Å². The average molecular weight is 199 g/mol. The molecule has 1 rings (SSSR count). The van der Waals surface area contributed by atoms with Gasteiger partial charge < -0.3 is 0 Å². The van der Waals surface area contributed by atoms with Crippen molar-refractivity contribution in [3.8, 4) is 0 Å². The van der Waals surface area contributed by atoms with Crippen molar-refractivity contribution in [2.75, 3.05) is 0 Å². The zero-order valence-corrected chi connectivity index (χ0v) is 9.27. The van der Waals surface area contributed by atoms with E-state index in [9.17, 15) is 4.79 Å². The third-order valence-corrected chi connectivity index (χ3v) is 1.89. The Hall–Kier alpha value is -0.820. The topological polar surface area (TPSA) is 17.1 Å². The fourth-order valence-electron chi connectivity index (χ4n) is 1.08. The number of aryl methyl sites for hydroxylation is 1. The van der Waals surface area contributed by atoms with Crippen LogP contribution in [0.25, 0.3) is 0 Å². The minimum absolute atomic E-state index is 0.0214. The van der Waals surface area contributed by atoms with Gasteiger partial charge in [-0.3, -0.25) is 4.79 Å². The van der Waals surface area contributed by atoms with E-state index in [2.05, 4.69) is 0 Å². The summed E-state index contributed by atoms with van der Waals surface area (Å²) in [7, 11) is 0. The van der Waals surface area contributed by atoms with Gasteiger partial charge in [-0.2, -0.15) is 0 Å². The van der Waals surface area contributed by atoms with Gasteiger partial charge in [-0.1, -0.05) is 37.6 Å². The molecule has 0 saturated carbocycles. The lowest BCUT2D eigenvalue weighted by atomic mass is 10.1. The number of carbonyl (C=O) groups excluding carboxylic acids is 1. The second-order valence-electron chi connectivity index (χ2n) is 2.49. The Balaban J connectivity index is 0.000000671. The molecule has 1 aromatic rings. The van der Waals surface area contributed by atoms with E-state index in [4.69, 9.17) is 11.6 Å². The number of rotatable bonds is 1. The maximum atomic E-state index is 11.0. The molecule has 0 amide bonds. The van der Waals surface area contributed by atoms with E-state index >= 15 is 0 Å². The van der Waals surface area contributed by atoms with Gasteiger partial charge in [0.2, 0.25) is 0 Å². The zero-order chi connectivity index (χ0) is 10.4. The minimum Gasteiger partial charge on any atom is -0.294 e. The Bertz CT molecular complexity index is 272. The van der Waals surface area contributed by atoms with Crippen molar-refractivity contribution in [2.45, 2.75) is 27.7 Å². The smallest absolute Gasteiger partial charge is 0.161 e. The van der Waals surface area contributed by atoms with Gasteiger partial charge in [0.25, 0.3) is 0 Å². The lowest BCUT2D eigenvalue weighted by Gasteiger charge is -2.02. The van der Waals surface area contributed by atoms with Gasteiger partial charge in [0.1, 0.15) is 0 Å². The van der Waals surface area contributed by atoms with Crippen LogP contribution in [0.2, 0.25) is 5.02 Å². The van der Waals surface area contributed by atoms with Gasteiger partial charge in [0.05, 0.1) is 5.02 Å². The van der Waals surface area contributed by atoms with Crippen molar-refractivity contribution in [3.63, 3.8) is 0 Å². The first kappa shape index (κ1) is 12.2. The van der Waals surface area contributed by atoms with Crippen LogP contribution < -0.4 is 0 Å². The third-order valence-electron chi connectivity index (χ3n) is 1.57. The van der Waals surface area contributed by atoms with Gasteiger partial charge in [0, 0.05) is 5.56 Å². The van der Waals surface area contributed by atoms with E-state index in [0.717, 1.165) is 5.56 Å². The molecule has 0 N–H and O–H groups in total. The Morgan fingerprint density at radius 3 is 2.15 bits per heavy atom. The number of Topliss-reactive ketones (excluding diaryl/α,β-unsaturated/α-hetero) is 1. The van der Waals surface area contributed by atoms with Crippen molar-refractivity contribution >= 4 is 17.4 Å². The van der Waals surface area contributed by atoms with Gasteiger partial charge in [-0.05, 0) is 25.5 Å².